The monoisotopic (exact) mass is 323 g/mol. The minimum atomic E-state index is -0.0162. The Kier molecular flexibility index (Phi) is 3.41. The van der Waals surface area contributed by atoms with Gasteiger partial charge in [-0.1, -0.05) is 24.2 Å². The number of nitrogens with zero attached hydrogens (tertiary/aromatic N) is 5. The number of benzene rings is 1. The number of rotatable bonds is 3. The van der Waals surface area contributed by atoms with E-state index in [9.17, 15) is 4.79 Å². The lowest BCUT2D eigenvalue weighted by molar-refractivity contribution is 0.0788. The van der Waals surface area contributed by atoms with Crippen LogP contribution in [0.15, 0.2) is 35.1 Å². The van der Waals surface area contributed by atoms with E-state index < -0.39 is 0 Å². The van der Waals surface area contributed by atoms with Gasteiger partial charge in [-0.05, 0) is 18.6 Å². The highest BCUT2D eigenvalue weighted by Gasteiger charge is 2.28. The van der Waals surface area contributed by atoms with Crippen molar-refractivity contribution in [2.24, 2.45) is 0 Å². The molecule has 2 aromatic heterocycles. The Hall–Kier alpha value is -2.96. The maximum Gasteiger partial charge on any atom is 0.278 e. The van der Waals surface area contributed by atoms with E-state index in [1.807, 2.05) is 28.8 Å². The summed E-state index contributed by atoms with van der Waals surface area (Å²) < 4.78 is 7.30. The number of amides is 1. The van der Waals surface area contributed by atoms with Crippen LogP contribution in [0.3, 0.4) is 0 Å². The molecule has 0 bridgehead atoms. The molecule has 0 spiro atoms. The van der Waals surface area contributed by atoms with Gasteiger partial charge in [0.05, 0.1) is 23.5 Å². The molecule has 0 saturated heterocycles. The van der Waals surface area contributed by atoms with Gasteiger partial charge in [0.15, 0.2) is 11.5 Å². The molecule has 4 rings (SSSR count). The van der Waals surface area contributed by atoms with E-state index in [4.69, 9.17) is 4.52 Å². The van der Waals surface area contributed by atoms with Crippen molar-refractivity contribution in [3.05, 3.63) is 47.7 Å². The van der Waals surface area contributed by atoms with Crippen molar-refractivity contribution >= 4 is 5.91 Å². The van der Waals surface area contributed by atoms with E-state index >= 15 is 0 Å². The maximum atomic E-state index is 12.6. The molecular weight excluding hydrogens is 306 g/mol. The van der Waals surface area contributed by atoms with E-state index in [1.54, 1.807) is 18.3 Å². The van der Waals surface area contributed by atoms with Crippen molar-refractivity contribution in [2.45, 2.75) is 26.3 Å². The lowest BCUT2D eigenvalue weighted by Gasteiger charge is -2.14. The van der Waals surface area contributed by atoms with Crippen LogP contribution in [0, 0.1) is 0 Å². The van der Waals surface area contributed by atoms with Crippen LogP contribution in [0.25, 0.3) is 17.3 Å². The Labute approximate surface area is 138 Å². The Balaban J connectivity index is 1.86. The Morgan fingerprint density at radius 2 is 2.12 bits per heavy atom. The van der Waals surface area contributed by atoms with E-state index in [-0.39, 0.29) is 5.91 Å². The second-order valence-electron chi connectivity index (χ2n) is 5.85. The molecule has 7 heteroatoms. The van der Waals surface area contributed by atoms with Crippen molar-refractivity contribution in [1.29, 1.82) is 0 Å². The van der Waals surface area contributed by atoms with Crippen molar-refractivity contribution in [3.8, 4) is 17.3 Å². The van der Waals surface area contributed by atoms with Gasteiger partial charge in [0.2, 0.25) is 0 Å². The third kappa shape index (κ3) is 2.20. The number of hydrogen-bond donors (Lipinski definition) is 0. The van der Waals surface area contributed by atoms with E-state index in [2.05, 4.69) is 22.0 Å². The van der Waals surface area contributed by atoms with Gasteiger partial charge < -0.3 is 9.42 Å². The lowest BCUT2D eigenvalue weighted by Crippen LogP contribution is -2.25. The molecule has 0 fully saturated rings. The quantitative estimate of drug-likeness (QED) is 0.740. The SMILES string of the molecule is CCCc1noc(-c2ncn3c2CN(C)C(=O)c2ccccc2-3)n1. The number of para-hydroxylation sites is 1. The molecule has 7 nitrogen and oxygen atoms in total. The van der Waals surface area contributed by atoms with Gasteiger partial charge in [-0.2, -0.15) is 4.98 Å². The van der Waals surface area contributed by atoms with Gasteiger partial charge in [0.1, 0.15) is 6.33 Å². The smallest absolute Gasteiger partial charge is 0.278 e. The number of hydrogen-bond acceptors (Lipinski definition) is 5. The Bertz CT molecular complexity index is 911. The first kappa shape index (κ1) is 14.6. The summed E-state index contributed by atoms with van der Waals surface area (Å²) in [4.78, 5) is 23.1. The summed E-state index contributed by atoms with van der Waals surface area (Å²) in [6, 6.07) is 7.52. The van der Waals surface area contributed by atoms with Crippen LogP contribution in [0.1, 0.15) is 35.2 Å². The number of carbonyl (C=O) groups is 1. The van der Waals surface area contributed by atoms with E-state index in [0.717, 1.165) is 24.2 Å². The van der Waals surface area contributed by atoms with Gasteiger partial charge in [-0.15, -0.1) is 0 Å². The summed E-state index contributed by atoms with van der Waals surface area (Å²) in [5.41, 5.74) is 2.96. The zero-order valence-corrected chi connectivity index (χ0v) is 13.6. The van der Waals surface area contributed by atoms with Gasteiger partial charge in [0, 0.05) is 13.5 Å². The summed E-state index contributed by atoms with van der Waals surface area (Å²) in [5, 5.41) is 4.00. The number of aromatic nitrogens is 4. The predicted molar refractivity (Wildman–Crippen MR) is 86.6 cm³/mol. The highest BCUT2D eigenvalue weighted by molar-refractivity contribution is 5.98. The van der Waals surface area contributed by atoms with Crippen LogP contribution in [-0.2, 0) is 13.0 Å². The van der Waals surface area contributed by atoms with Crippen molar-refractivity contribution in [1.82, 2.24) is 24.6 Å². The van der Waals surface area contributed by atoms with Crippen molar-refractivity contribution in [2.75, 3.05) is 7.05 Å². The Morgan fingerprint density at radius 3 is 2.96 bits per heavy atom. The topological polar surface area (TPSA) is 77.0 Å². The first-order valence-corrected chi connectivity index (χ1v) is 7.93. The largest absolute Gasteiger partial charge is 0.336 e. The van der Waals surface area contributed by atoms with Gasteiger partial charge in [-0.3, -0.25) is 9.36 Å². The van der Waals surface area contributed by atoms with Gasteiger partial charge in [0.25, 0.3) is 11.8 Å². The molecule has 0 atom stereocenters. The molecule has 3 heterocycles. The average Bonchev–Trinajstić information content (AvgIpc) is 3.19. The fraction of sp³-hybridized carbons (Fsp3) is 0.294. The fourth-order valence-electron chi connectivity index (χ4n) is 2.95. The van der Waals surface area contributed by atoms with Crippen LogP contribution in [-0.4, -0.2) is 37.5 Å². The molecule has 0 unspecified atom stereocenters. The second kappa shape index (κ2) is 5.59. The number of fused-ring (bicyclic) bond motifs is 3. The molecule has 1 aliphatic heterocycles. The molecule has 3 aromatic rings. The molecule has 1 aliphatic rings. The normalized spacial score (nSPS) is 13.6. The maximum absolute atomic E-state index is 12.6. The molecule has 24 heavy (non-hydrogen) atoms. The van der Waals surface area contributed by atoms with Crippen LogP contribution < -0.4 is 0 Å². The third-order valence-electron chi connectivity index (χ3n) is 4.14. The van der Waals surface area contributed by atoms with Crippen LogP contribution in [0.5, 0.6) is 0 Å². The third-order valence-corrected chi connectivity index (χ3v) is 4.14. The molecule has 0 saturated carbocycles. The van der Waals surface area contributed by atoms with Crippen molar-refractivity contribution < 1.29 is 9.32 Å². The standard InChI is InChI=1S/C17H17N5O2/c1-3-6-14-19-16(24-20-14)15-13-9-21(2)17(23)11-7-4-5-8-12(11)22(13)10-18-15/h4-5,7-8,10H,3,6,9H2,1-2H3. The summed E-state index contributed by atoms with van der Waals surface area (Å²) in [5.74, 6) is 1.05. The number of carbonyl (C=O) groups excluding carboxylic acids is 1. The molecule has 0 N–H and O–H groups in total. The van der Waals surface area contributed by atoms with Crippen LogP contribution >= 0.6 is 0 Å². The first-order chi connectivity index (χ1) is 11.7. The van der Waals surface area contributed by atoms with Crippen molar-refractivity contribution in [3.63, 3.8) is 0 Å². The van der Waals surface area contributed by atoms with E-state index in [1.165, 1.54) is 0 Å². The van der Waals surface area contributed by atoms with E-state index in [0.29, 0.717) is 29.5 Å². The second-order valence-corrected chi connectivity index (χ2v) is 5.85. The van der Waals surface area contributed by atoms with Crippen LogP contribution in [0.2, 0.25) is 0 Å². The molecule has 0 aliphatic carbocycles. The fourth-order valence-corrected chi connectivity index (χ4v) is 2.95. The number of aryl methyl sites for hydroxylation is 1. The summed E-state index contributed by atoms with van der Waals surface area (Å²) in [7, 11) is 1.78. The zero-order chi connectivity index (χ0) is 16.7. The van der Waals surface area contributed by atoms with Gasteiger partial charge >= 0.3 is 0 Å². The summed E-state index contributed by atoms with van der Waals surface area (Å²) >= 11 is 0. The van der Waals surface area contributed by atoms with Crippen LogP contribution in [0.4, 0.5) is 0 Å². The summed E-state index contributed by atoms with van der Waals surface area (Å²) in [6.45, 7) is 2.49. The first-order valence-electron chi connectivity index (χ1n) is 7.93. The minimum Gasteiger partial charge on any atom is -0.336 e. The summed E-state index contributed by atoms with van der Waals surface area (Å²) in [6.07, 6.45) is 3.42. The Morgan fingerprint density at radius 1 is 1.29 bits per heavy atom. The highest BCUT2D eigenvalue weighted by atomic mass is 16.5. The number of imidazole rings is 1. The molecule has 1 amide bonds. The predicted octanol–water partition coefficient (Wildman–Crippen LogP) is 2.46. The molecular formula is C17H17N5O2. The lowest BCUT2D eigenvalue weighted by atomic mass is 10.1. The molecule has 122 valence electrons. The van der Waals surface area contributed by atoms with Gasteiger partial charge in [-0.25, -0.2) is 4.98 Å². The molecule has 0 radical (unpaired) electrons. The molecule has 1 aromatic carbocycles. The highest BCUT2D eigenvalue weighted by Crippen LogP contribution is 2.29. The minimum absolute atomic E-state index is 0.0162. The average molecular weight is 323 g/mol. The zero-order valence-electron chi connectivity index (χ0n) is 13.6.